The number of alkyl halides is 1. The zero-order chi connectivity index (χ0) is 11.5. The maximum Gasteiger partial charge on any atom is 0.235 e. The lowest BCUT2D eigenvalue weighted by atomic mass is 10.2. The van der Waals surface area contributed by atoms with Crippen molar-refractivity contribution in [2.75, 3.05) is 5.88 Å². The first-order valence-corrected chi connectivity index (χ1v) is 6.23. The van der Waals surface area contributed by atoms with E-state index in [-0.39, 0.29) is 11.8 Å². The average molecular weight is 255 g/mol. The normalized spacial score (nSPS) is 10.6. The summed E-state index contributed by atoms with van der Waals surface area (Å²) >= 11 is 6.98. The number of carbonyl (C=O) groups is 1. The second-order valence-corrected chi connectivity index (χ2v) is 4.87. The fraction of sp³-hybridized carbons (Fsp3) is 0.273. The van der Waals surface area contributed by atoms with Crippen LogP contribution in [0.15, 0.2) is 18.2 Å². The Hall–Kier alpha value is -1.13. The van der Waals surface area contributed by atoms with Crippen molar-refractivity contribution in [1.29, 1.82) is 0 Å². The molecule has 0 radical (unpaired) electrons. The van der Waals surface area contributed by atoms with Gasteiger partial charge in [0.1, 0.15) is 10.9 Å². The van der Waals surface area contributed by atoms with Crippen LogP contribution in [0.3, 0.4) is 0 Å². The molecule has 0 unspecified atom stereocenters. The molecule has 1 amide bonds. The number of benzene rings is 1. The van der Waals surface area contributed by atoms with Gasteiger partial charge in [0.2, 0.25) is 5.91 Å². The molecule has 5 heteroatoms. The third kappa shape index (κ3) is 2.51. The predicted octanol–water partition coefficient (Wildman–Crippen LogP) is 2.46. The van der Waals surface area contributed by atoms with Crippen molar-refractivity contribution < 1.29 is 4.79 Å². The second kappa shape index (κ2) is 4.80. The number of amides is 1. The van der Waals surface area contributed by atoms with Gasteiger partial charge in [0.25, 0.3) is 0 Å². The highest BCUT2D eigenvalue weighted by atomic mass is 35.5. The van der Waals surface area contributed by atoms with Gasteiger partial charge in [-0.15, -0.1) is 22.9 Å². The Bertz CT molecular complexity index is 524. The summed E-state index contributed by atoms with van der Waals surface area (Å²) in [5.41, 5.74) is 2.18. The minimum absolute atomic E-state index is 0.00992. The molecule has 0 aliphatic carbocycles. The maximum atomic E-state index is 11.0. The van der Waals surface area contributed by atoms with E-state index in [0.717, 1.165) is 15.2 Å². The SMILES string of the molecule is Cc1ccc2sc(CNC(=O)CCl)nc2c1. The van der Waals surface area contributed by atoms with Crippen LogP contribution in [0.2, 0.25) is 0 Å². The molecule has 3 nitrogen and oxygen atoms in total. The van der Waals surface area contributed by atoms with E-state index in [2.05, 4.69) is 22.4 Å². The van der Waals surface area contributed by atoms with Crippen molar-refractivity contribution in [3.8, 4) is 0 Å². The molecule has 0 saturated carbocycles. The number of carbonyl (C=O) groups excluding carboxylic acids is 1. The molecule has 0 fully saturated rings. The van der Waals surface area contributed by atoms with E-state index in [9.17, 15) is 4.79 Å². The topological polar surface area (TPSA) is 42.0 Å². The summed E-state index contributed by atoms with van der Waals surface area (Å²) in [4.78, 5) is 15.4. The van der Waals surface area contributed by atoms with Crippen LogP contribution in [0.4, 0.5) is 0 Å². The second-order valence-electron chi connectivity index (χ2n) is 3.49. The molecule has 84 valence electrons. The first-order chi connectivity index (χ1) is 7.69. The van der Waals surface area contributed by atoms with Crippen molar-refractivity contribution in [3.05, 3.63) is 28.8 Å². The average Bonchev–Trinajstić information content (AvgIpc) is 2.67. The molecule has 0 aliphatic rings. The van der Waals surface area contributed by atoms with Gasteiger partial charge in [-0.2, -0.15) is 0 Å². The quantitative estimate of drug-likeness (QED) is 0.855. The Morgan fingerprint density at radius 1 is 1.56 bits per heavy atom. The largest absolute Gasteiger partial charge is 0.349 e. The lowest BCUT2D eigenvalue weighted by molar-refractivity contribution is -0.118. The Labute approximate surface area is 102 Å². The van der Waals surface area contributed by atoms with Crippen molar-refractivity contribution in [3.63, 3.8) is 0 Å². The van der Waals surface area contributed by atoms with Crippen LogP contribution in [-0.4, -0.2) is 16.8 Å². The number of aryl methyl sites for hydroxylation is 1. The fourth-order valence-corrected chi connectivity index (χ4v) is 2.36. The van der Waals surface area contributed by atoms with E-state index < -0.39 is 0 Å². The number of thiazole rings is 1. The summed E-state index contributed by atoms with van der Waals surface area (Å²) < 4.78 is 1.14. The Morgan fingerprint density at radius 3 is 3.12 bits per heavy atom. The minimum atomic E-state index is -0.169. The van der Waals surface area contributed by atoms with Crippen LogP contribution in [0.5, 0.6) is 0 Å². The molecular weight excluding hydrogens is 244 g/mol. The van der Waals surface area contributed by atoms with E-state index in [0.29, 0.717) is 6.54 Å². The molecule has 1 heterocycles. The fourth-order valence-electron chi connectivity index (χ4n) is 1.38. The number of hydrogen-bond acceptors (Lipinski definition) is 3. The molecule has 0 spiro atoms. The maximum absolute atomic E-state index is 11.0. The predicted molar refractivity (Wildman–Crippen MR) is 66.9 cm³/mol. The number of rotatable bonds is 3. The lowest BCUT2D eigenvalue weighted by Crippen LogP contribution is -2.23. The molecule has 2 rings (SSSR count). The summed E-state index contributed by atoms with van der Waals surface area (Å²) in [6.07, 6.45) is 0. The zero-order valence-corrected chi connectivity index (χ0v) is 10.4. The third-order valence-electron chi connectivity index (χ3n) is 2.15. The summed E-state index contributed by atoms with van der Waals surface area (Å²) in [5.74, 6) is -0.179. The number of nitrogens with one attached hydrogen (secondary N) is 1. The van der Waals surface area contributed by atoms with Gasteiger partial charge in [-0.25, -0.2) is 4.98 Å². The van der Waals surface area contributed by atoms with Gasteiger partial charge in [0.05, 0.1) is 16.8 Å². The smallest absolute Gasteiger partial charge is 0.235 e. The molecule has 1 N–H and O–H groups in total. The zero-order valence-electron chi connectivity index (χ0n) is 8.79. The molecule has 2 aromatic rings. The van der Waals surface area contributed by atoms with E-state index in [1.807, 2.05) is 13.0 Å². The van der Waals surface area contributed by atoms with Gasteiger partial charge in [-0.3, -0.25) is 4.79 Å². The van der Waals surface area contributed by atoms with Crippen LogP contribution < -0.4 is 5.32 Å². The summed E-state index contributed by atoms with van der Waals surface area (Å²) in [7, 11) is 0. The Kier molecular flexibility index (Phi) is 3.41. The van der Waals surface area contributed by atoms with Gasteiger partial charge >= 0.3 is 0 Å². The van der Waals surface area contributed by atoms with Crippen molar-refractivity contribution in [2.45, 2.75) is 13.5 Å². The highest BCUT2D eigenvalue weighted by Gasteiger charge is 2.05. The summed E-state index contributed by atoms with van der Waals surface area (Å²) in [5, 5.41) is 3.60. The Morgan fingerprint density at radius 2 is 2.38 bits per heavy atom. The van der Waals surface area contributed by atoms with Crippen molar-refractivity contribution in [2.24, 2.45) is 0 Å². The van der Waals surface area contributed by atoms with E-state index >= 15 is 0 Å². The van der Waals surface area contributed by atoms with Gasteiger partial charge in [0, 0.05) is 0 Å². The molecule has 0 saturated heterocycles. The van der Waals surface area contributed by atoms with Crippen LogP contribution in [-0.2, 0) is 11.3 Å². The molecule has 1 aromatic carbocycles. The third-order valence-corrected chi connectivity index (χ3v) is 3.42. The van der Waals surface area contributed by atoms with Gasteiger partial charge in [0.15, 0.2) is 0 Å². The van der Waals surface area contributed by atoms with Gasteiger partial charge in [-0.05, 0) is 24.6 Å². The standard InChI is InChI=1S/C11H11ClN2OS/c1-7-2-3-9-8(4-7)14-11(16-9)6-13-10(15)5-12/h2-4H,5-6H2,1H3,(H,13,15). The number of hydrogen-bond donors (Lipinski definition) is 1. The summed E-state index contributed by atoms with van der Waals surface area (Å²) in [6, 6.07) is 6.15. The molecule has 0 bridgehead atoms. The number of fused-ring (bicyclic) bond motifs is 1. The Balaban J connectivity index is 2.16. The van der Waals surface area contributed by atoms with E-state index in [1.165, 1.54) is 5.56 Å². The van der Waals surface area contributed by atoms with Crippen LogP contribution in [0, 0.1) is 6.92 Å². The van der Waals surface area contributed by atoms with Gasteiger partial charge < -0.3 is 5.32 Å². The first kappa shape index (κ1) is 11.4. The van der Waals surface area contributed by atoms with Crippen LogP contribution >= 0.6 is 22.9 Å². The highest BCUT2D eigenvalue weighted by Crippen LogP contribution is 2.22. The monoisotopic (exact) mass is 254 g/mol. The number of nitrogens with zero attached hydrogens (tertiary/aromatic N) is 1. The first-order valence-electron chi connectivity index (χ1n) is 4.88. The van der Waals surface area contributed by atoms with Crippen LogP contribution in [0.25, 0.3) is 10.2 Å². The molecule has 0 aliphatic heterocycles. The van der Waals surface area contributed by atoms with Gasteiger partial charge in [-0.1, -0.05) is 6.07 Å². The van der Waals surface area contributed by atoms with Crippen LogP contribution in [0.1, 0.15) is 10.6 Å². The van der Waals surface area contributed by atoms with E-state index in [1.54, 1.807) is 11.3 Å². The highest BCUT2D eigenvalue weighted by molar-refractivity contribution is 7.18. The van der Waals surface area contributed by atoms with Crippen molar-refractivity contribution >= 4 is 39.1 Å². The molecular formula is C11H11ClN2OS. The summed E-state index contributed by atoms with van der Waals surface area (Å²) in [6.45, 7) is 2.48. The molecule has 0 atom stereocenters. The molecule has 16 heavy (non-hydrogen) atoms. The molecule has 1 aromatic heterocycles. The van der Waals surface area contributed by atoms with Crippen molar-refractivity contribution in [1.82, 2.24) is 10.3 Å². The number of aromatic nitrogens is 1. The number of halogens is 1. The van der Waals surface area contributed by atoms with E-state index in [4.69, 9.17) is 11.6 Å². The lowest BCUT2D eigenvalue weighted by Gasteiger charge is -1.97. The minimum Gasteiger partial charge on any atom is -0.349 e.